The van der Waals surface area contributed by atoms with Gasteiger partial charge in [-0.15, -0.1) is 11.3 Å². The lowest BCUT2D eigenvalue weighted by atomic mass is 10.2. The number of nitrogens with zero attached hydrogens (tertiary/aromatic N) is 2. The highest BCUT2D eigenvalue weighted by molar-refractivity contribution is 7.19. The van der Waals surface area contributed by atoms with Crippen molar-refractivity contribution in [1.82, 2.24) is 4.98 Å². The summed E-state index contributed by atoms with van der Waals surface area (Å²) < 4.78 is 5.80. The summed E-state index contributed by atoms with van der Waals surface area (Å²) in [4.78, 5) is 14.8. The van der Waals surface area contributed by atoms with Crippen LogP contribution in [-0.4, -0.2) is 22.1 Å². The Balaban J connectivity index is 1.93. The number of methoxy groups -OCH3 is 1. The van der Waals surface area contributed by atoms with Crippen LogP contribution >= 0.6 is 22.9 Å². The van der Waals surface area contributed by atoms with E-state index in [1.165, 1.54) is 30.6 Å². The Morgan fingerprint density at radius 3 is 2.83 bits per heavy atom. The van der Waals surface area contributed by atoms with E-state index in [0.717, 1.165) is 10.3 Å². The first-order valence-corrected chi connectivity index (χ1v) is 7.97. The van der Waals surface area contributed by atoms with Crippen molar-refractivity contribution in [2.45, 2.75) is 0 Å². The maximum atomic E-state index is 10.8. The monoisotopic (exact) mass is 362 g/mol. The zero-order valence-corrected chi connectivity index (χ0v) is 14.0. The van der Waals surface area contributed by atoms with Gasteiger partial charge in [0.15, 0.2) is 11.5 Å². The van der Waals surface area contributed by atoms with Gasteiger partial charge in [-0.05, 0) is 29.8 Å². The van der Waals surface area contributed by atoms with E-state index in [2.05, 4.69) is 4.98 Å². The molecule has 1 heterocycles. The quantitative estimate of drug-likeness (QED) is 0.535. The van der Waals surface area contributed by atoms with Crippen molar-refractivity contribution in [3.8, 4) is 11.5 Å². The first-order chi connectivity index (χ1) is 11.5. The van der Waals surface area contributed by atoms with E-state index in [0.29, 0.717) is 10.5 Å². The molecule has 0 aliphatic rings. The fourth-order valence-electron chi connectivity index (χ4n) is 2.13. The number of halogens is 1. The fraction of sp³-hybridized carbons (Fsp3) is 0.0625. The van der Waals surface area contributed by atoms with E-state index in [1.807, 2.05) is 0 Å². The minimum Gasteiger partial charge on any atom is -0.503 e. The van der Waals surface area contributed by atoms with Crippen molar-refractivity contribution in [2.75, 3.05) is 7.11 Å². The molecule has 8 heteroatoms. The minimum absolute atomic E-state index is 0.0386. The standard InChI is InChI=1S/C16H11ClN2O4S/c1-23-13-7-9(6-11(17)16(13)20)2-5-15-18-12-4-3-10(19(21)22)8-14(12)24-15/h2-8,20H,1H3/b5-2+. The van der Waals surface area contributed by atoms with Gasteiger partial charge < -0.3 is 9.84 Å². The number of aromatic hydroxyl groups is 1. The van der Waals surface area contributed by atoms with Gasteiger partial charge in [-0.2, -0.15) is 0 Å². The number of fused-ring (bicyclic) bond motifs is 1. The van der Waals surface area contributed by atoms with Gasteiger partial charge in [0.25, 0.3) is 5.69 Å². The number of thiazole rings is 1. The summed E-state index contributed by atoms with van der Waals surface area (Å²) in [6.07, 6.45) is 3.55. The average Bonchev–Trinajstić information content (AvgIpc) is 2.97. The van der Waals surface area contributed by atoms with Crippen LogP contribution in [0.4, 0.5) is 5.69 Å². The largest absolute Gasteiger partial charge is 0.503 e. The van der Waals surface area contributed by atoms with Gasteiger partial charge in [0.1, 0.15) is 5.01 Å². The van der Waals surface area contributed by atoms with Crippen molar-refractivity contribution >= 4 is 51.0 Å². The lowest BCUT2D eigenvalue weighted by molar-refractivity contribution is -0.384. The zero-order valence-electron chi connectivity index (χ0n) is 12.4. The maximum Gasteiger partial charge on any atom is 0.270 e. The highest BCUT2D eigenvalue weighted by Crippen LogP contribution is 2.35. The molecule has 0 saturated heterocycles. The first-order valence-electron chi connectivity index (χ1n) is 6.77. The molecule has 2 aromatic carbocycles. The van der Waals surface area contributed by atoms with Gasteiger partial charge in [0, 0.05) is 12.1 Å². The molecule has 3 rings (SSSR count). The number of rotatable bonds is 4. The summed E-state index contributed by atoms with van der Waals surface area (Å²) in [6, 6.07) is 7.82. The van der Waals surface area contributed by atoms with Crippen molar-refractivity contribution in [3.05, 3.63) is 56.0 Å². The van der Waals surface area contributed by atoms with E-state index in [4.69, 9.17) is 16.3 Å². The molecule has 0 atom stereocenters. The number of benzene rings is 2. The molecular weight excluding hydrogens is 352 g/mol. The predicted octanol–water partition coefficient (Wildman–Crippen LogP) is 4.74. The molecule has 24 heavy (non-hydrogen) atoms. The smallest absolute Gasteiger partial charge is 0.270 e. The van der Waals surface area contributed by atoms with Crippen molar-refractivity contribution in [3.63, 3.8) is 0 Å². The van der Waals surface area contributed by atoms with Crippen LogP contribution in [0.2, 0.25) is 5.02 Å². The van der Waals surface area contributed by atoms with Crippen LogP contribution in [0.5, 0.6) is 11.5 Å². The van der Waals surface area contributed by atoms with E-state index < -0.39 is 4.92 Å². The molecule has 1 N–H and O–H groups in total. The van der Waals surface area contributed by atoms with Gasteiger partial charge in [-0.25, -0.2) is 4.98 Å². The molecule has 3 aromatic rings. The number of aromatic nitrogens is 1. The third kappa shape index (κ3) is 3.17. The molecule has 0 unspecified atom stereocenters. The second kappa shape index (κ2) is 6.46. The second-order valence-corrected chi connectivity index (χ2v) is 6.32. The lowest BCUT2D eigenvalue weighted by Gasteiger charge is -2.05. The molecule has 0 spiro atoms. The molecule has 122 valence electrons. The first kappa shape index (κ1) is 16.2. The van der Waals surface area contributed by atoms with Crippen molar-refractivity contribution < 1.29 is 14.8 Å². The molecule has 0 aliphatic carbocycles. The number of nitro groups is 1. The third-order valence-electron chi connectivity index (χ3n) is 3.29. The fourth-order valence-corrected chi connectivity index (χ4v) is 3.25. The molecule has 0 bridgehead atoms. The molecule has 6 nitrogen and oxygen atoms in total. The van der Waals surface area contributed by atoms with E-state index >= 15 is 0 Å². The molecule has 1 aromatic heterocycles. The zero-order chi connectivity index (χ0) is 17.3. The van der Waals surface area contributed by atoms with Crippen LogP contribution in [0.3, 0.4) is 0 Å². The Morgan fingerprint density at radius 2 is 2.12 bits per heavy atom. The van der Waals surface area contributed by atoms with E-state index in [-0.39, 0.29) is 22.2 Å². The van der Waals surface area contributed by atoms with Gasteiger partial charge in [0.05, 0.1) is 27.3 Å². The van der Waals surface area contributed by atoms with Crippen LogP contribution in [0, 0.1) is 10.1 Å². The number of phenols is 1. The minimum atomic E-state index is -0.431. The summed E-state index contributed by atoms with van der Waals surface area (Å²) >= 11 is 7.30. The molecule has 0 aliphatic heterocycles. The van der Waals surface area contributed by atoms with Crippen molar-refractivity contribution in [2.24, 2.45) is 0 Å². The molecule has 0 radical (unpaired) electrons. The Bertz CT molecular complexity index is 968. The molecule has 0 fully saturated rings. The van der Waals surface area contributed by atoms with Crippen LogP contribution in [0.1, 0.15) is 10.6 Å². The van der Waals surface area contributed by atoms with Crippen LogP contribution in [-0.2, 0) is 0 Å². The topological polar surface area (TPSA) is 85.5 Å². The lowest BCUT2D eigenvalue weighted by Crippen LogP contribution is -1.86. The Labute approximate surface area is 145 Å². The number of hydrogen-bond donors (Lipinski definition) is 1. The van der Waals surface area contributed by atoms with Gasteiger partial charge in [0.2, 0.25) is 0 Å². The number of ether oxygens (including phenoxy) is 1. The molecule has 0 saturated carbocycles. The Hall–Kier alpha value is -2.64. The number of nitro benzene ring substituents is 1. The predicted molar refractivity (Wildman–Crippen MR) is 94.9 cm³/mol. The Morgan fingerprint density at radius 1 is 1.33 bits per heavy atom. The summed E-state index contributed by atoms with van der Waals surface area (Å²) in [5.41, 5.74) is 1.48. The number of phenolic OH excluding ortho intramolecular Hbond substituents is 1. The summed E-state index contributed by atoms with van der Waals surface area (Å²) in [5.74, 6) is 0.172. The molecule has 0 amide bonds. The normalized spacial score (nSPS) is 11.2. The van der Waals surface area contributed by atoms with Crippen molar-refractivity contribution in [1.29, 1.82) is 0 Å². The maximum absolute atomic E-state index is 10.8. The van der Waals surface area contributed by atoms with E-state index in [9.17, 15) is 15.2 Å². The van der Waals surface area contributed by atoms with Crippen LogP contribution < -0.4 is 4.74 Å². The Kier molecular flexibility index (Phi) is 4.37. The van der Waals surface area contributed by atoms with Gasteiger partial charge in [-0.3, -0.25) is 10.1 Å². The van der Waals surface area contributed by atoms with Crippen LogP contribution in [0.15, 0.2) is 30.3 Å². The van der Waals surface area contributed by atoms with Gasteiger partial charge >= 0.3 is 0 Å². The number of non-ortho nitro benzene ring substituents is 1. The number of hydrogen-bond acceptors (Lipinski definition) is 6. The second-order valence-electron chi connectivity index (χ2n) is 4.85. The van der Waals surface area contributed by atoms with Gasteiger partial charge in [-0.1, -0.05) is 17.7 Å². The summed E-state index contributed by atoms with van der Waals surface area (Å²) in [7, 11) is 1.44. The third-order valence-corrected chi connectivity index (χ3v) is 4.56. The average molecular weight is 363 g/mol. The van der Waals surface area contributed by atoms with E-state index in [1.54, 1.807) is 30.4 Å². The highest BCUT2D eigenvalue weighted by atomic mass is 35.5. The summed E-state index contributed by atoms with van der Waals surface area (Å²) in [5, 5.41) is 21.4. The SMILES string of the molecule is COc1cc(/C=C/c2nc3ccc([N+](=O)[O-])cc3s2)cc(Cl)c1O. The van der Waals surface area contributed by atoms with Crippen LogP contribution in [0.25, 0.3) is 22.4 Å². The molecular formula is C16H11ClN2O4S. The highest BCUT2D eigenvalue weighted by Gasteiger charge is 2.10. The summed E-state index contributed by atoms with van der Waals surface area (Å²) in [6.45, 7) is 0.